The number of fused-ring (bicyclic) bond motifs is 3. The smallest absolute Gasteiger partial charge is 0.0561 e. The predicted octanol–water partition coefficient (Wildman–Crippen LogP) is 18.5. The third-order valence-corrected chi connectivity index (χ3v) is 13.1. The lowest BCUT2D eigenvalue weighted by Crippen LogP contribution is -2.15. The van der Waals surface area contributed by atoms with E-state index in [0.29, 0.717) is 0 Å². The lowest BCUT2D eigenvalue weighted by atomic mass is 9.96. The molecule has 1 aromatic heterocycles. The number of para-hydroxylation sites is 5. The molecule has 0 spiro atoms. The number of benzene rings is 11. The Morgan fingerprint density at radius 3 is 1.21 bits per heavy atom. The highest BCUT2D eigenvalue weighted by molar-refractivity contribution is 6.10. The molecule has 12 rings (SSSR count). The van der Waals surface area contributed by atoms with Crippen LogP contribution >= 0.6 is 0 Å². The molecule has 0 aliphatic rings. The van der Waals surface area contributed by atoms with Crippen molar-refractivity contribution in [1.82, 2.24) is 4.57 Å². The Morgan fingerprint density at radius 1 is 0.229 bits per heavy atom. The van der Waals surface area contributed by atoms with Crippen molar-refractivity contribution in [2.75, 3.05) is 14.7 Å². The van der Waals surface area contributed by atoms with Gasteiger partial charge < -0.3 is 19.3 Å². The average molecular weight is 897 g/mol. The van der Waals surface area contributed by atoms with Crippen LogP contribution in [0.25, 0.3) is 49.7 Å². The van der Waals surface area contributed by atoms with Crippen molar-refractivity contribution in [1.29, 1.82) is 0 Å². The average Bonchev–Trinajstić information content (AvgIpc) is 3.77. The summed E-state index contributed by atoms with van der Waals surface area (Å²) in [6.45, 7) is 0. The topological polar surface area (TPSA) is 14.7 Å². The van der Waals surface area contributed by atoms with Crippen molar-refractivity contribution < 1.29 is 0 Å². The molecular weight excluding hydrogens is 849 g/mol. The maximum Gasteiger partial charge on any atom is 0.0561 e. The molecule has 1 heterocycles. The van der Waals surface area contributed by atoms with Gasteiger partial charge in [-0.15, -0.1) is 0 Å². The summed E-state index contributed by atoms with van der Waals surface area (Å²) >= 11 is 0. The summed E-state index contributed by atoms with van der Waals surface area (Å²) in [5.41, 5.74) is 17.5. The molecule has 0 atom stereocenters. The summed E-state index contributed by atoms with van der Waals surface area (Å²) < 4.78 is 2.40. The number of nitrogens with zero attached hydrogens (tertiary/aromatic N) is 4. The Morgan fingerprint density at radius 2 is 0.643 bits per heavy atom. The van der Waals surface area contributed by atoms with E-state index >= 15 is 0 Å². The van der Waals surface area contributed by atoms with Crippen LogP contribution in [-0.4, -0.2) is 4.57 Å². The highest BCUT2D eigenvalue weighted by Crippen LogP contribution is 2.47. The largest absolute Gasteiger partial charge is 0.310 e. The molecule has 12 aromatic rings. The van der Waals surface area contributed by atoms with Crippen molar-refractivity contribution in [3.05, 3.63) is 291 Å². The van der Waals surface area contributed by atoms with Crippen LogP contribution in [0.3, 0.4) is 0 Å². The third-order valence-electron chi connectivity index (χ3n) is 13.1. The maximum atomic E-state index is 2.41. The van der Waals surface area contributed by atoms with Gasteiger partial charge in [-0.25, -0.2) is 0 Å². The van der Waals surface area contributed by atoms with Gasteiger partial charge in [-0.1, -0.05) is 176 Å². The molecule has 0 aliphatic carbocycles. The standard InChI is InChI=1S/C66H48N4/c1-7-23-49(24-8-1)51-41-44-65(63(45-51)50-25-9-2-10-26-50)69(54-31-15-5-16-32-54)59-38-22-37-58(47-59)68(57-36-21-35-56(46-57)67(52-27-11-3-12-28-52)53-29-13-4-14-30-53)60-42-43-62-61-39-19-20-40-64(61)70(66(62)48-60)55-33-17-6-18-34-55/h1-48H. The molecule has 332 valence electrons. The number of anilines is 9. The van der Waals surface area contributed by atoms with Gasteiger partial charge in [0.25, 0.3) is 0 Å². The molecule has 70 heavy (non-hydrogen) atoms. The Bertz CT molecular complexity index is 3670. The molecule has 4 heteroatoms. The molecule has 0 fully saturated rings. The summed E-state index contributed by atoms with van der Waals surface area (Å²) in [4.78, 5) is 7.14. The fourth-order valence-corrected chi connectivity index (χ4v) is 9.94. The van der Waals surface area contributed by atoms with Crippen molar-refractivity contribution in [3.63, 3.8) is 0 Å². The Balaban J connectivity index is 1.08. The molecule has 0 unspecified atom stereocenters. The zero-order valence-electron chi connectivity index (χ0n) is 38.5. The monoisotopic (exact) mass is 896 g/mol. The second-order valence-electron chi connectivity index (χ2n) is 17.4. The minimum Gasteiger partial charge on any atom is -0.310 e. The van der Waals surface area contributed by atoms with Crippen molar-refractivity contribution in [2.24, 2.45) is 0 Å². The molecular formula is C66H48N4. The molecule has 0 saturated heterocycles. The maximum absolute atomic E-state index is 2.41. The van der Waals surface area contributed by atoms with Crippen LogP contribution in [-0.2, 0) is 0 Å². The van der Waals surface area contributed by atoms with Gasteiger partial charge in [-0.3, -0.25) is 0 Å². The first kappa shape index (κ1) is 42.0. The summed E-state index contributed by atoms with van der Waals surface area (Å²) in [7, 11) is 0. The van der Waals surface area contributed by atoms with Crippen molar-refractivity contribution >= 4 is 73.0 Å². The molecule has 0 bridgehead atoms. The van der Waals surface area contributed by atoms with Crippen LogP contribution in [0.15, 0.2) is 291 Å². The van der Waals surface area contributed by atoms with E-state index in [1.54, 1.807) is 0 Å². The van der Waals surface area contributed by atoms with E-state index in [1.165, 1.54) is 27.4 Å². The van der Waals surface area contributed by atoms with E-state index in [4.69, 9.17) is 0 Å². The molecule has 0 aliphatic heterocycles. The quantitative estimate of drug-likeness (QED) is 0.121. The van der Waals surface area contributed by atoms with Crippen molar-refractivity contribution in [3.8, 4) is 27.9 Å². The Hall–Kier alpha value is -9.38. The molecule has 4 nitrogen and oxygen atoms in total. The summed E-state index contributed by atoms with van der Waals surface area (Å²) in [6, 6.07) is 105. The molecule has 0 amide bonds. The van der Waals surface area contributed by atoms with Gasteiger partial charge in [0.1, 0.15) is 0 Å². The van der Waals surface area contributed by atoms with E-state index in [9.17, 15) is 0 Å². The molecule has 0 saturated carbocycles. The fourth-order valence-electron chi connectivity index (χ4n) is 9.94. The van der Waals surface area contributed by atoms with Crippen LogP contribution in [0.1, 0.15) is 0 Å². The second kappa shape index (κ2) is 18.7. The summed E-state index contributed by atoms with van der Waals surface area (Å²) in [5.74, 6) is 0. The highest BCUT2D eigenvalue weighted by Gasteiger charge is 2.23. The van der Waals surface area contributed by atoms with Gasteiger partial charge in [0, 0.05) is 67.5 Å². The van der Waals surface area contributed by atoms with E-state index in [-0.39, 0.29) is 0 Å². The van der Waals surface area contributed by atoms with Gasteiger partial charge in [-0.05, 0) is 132 Å². The van der Waals surface area contributed by atoms with Crippen molar-refractivity contribution in [2.45, 2.75) is 0 Å². The van der Waals surface area contributed by atoms with E-state index < -0.39 is 0 Å². The minimum atomic E-state index is 1.02. The van der Waals surface area contributed by atoms with E-state index in [2.05, 4.69) is 310 Å². The van der Waals surface area contributed by atoms with Crippen LogP contribution in [0, 0.1) is 0 Å². The zero-order valence-corrected chi connectivity index (χ0v) is 38.5. The fraction of sp³-hybridized carbons (Fsp3) is 0. The lowest BCUT2D eigenvalue weighted by molar-refractivity contribution is 1.18. The zero-order chi connectivity index (χ0) is 46.6. The summed E-state index contributed by atoms with van der Waals surface area (Å²) in [5, 5.41) is 2.42. The molecule has 0 radical (unpaired) electrons. The molecule has 11 aromatic carbocycles. The minimum absolute atomic E-state index is 1.02. The number of aromatic nitrogens is 1. The Kier molecular flexibility index (Phi) is 11.2. The Labute approximate surface area is 409 Å². The van der Waals surface area contributed by atoms with Crippen LogP contribution in [0.4, 0.5) is 51.2 Å². The first-order valence-corrected chi connectivity index (χ1v) is 23.8. The van der Waals surface area contributed by atoms with Gasteiger partial charge in [0.15, 0.2) is 0 Å². The second-order valence-corrected chi connectivity index (χ2v) is 17.4. The lowest BCUT2D eigenvalue weighted by Gasteiger charge is -2.31. The number of hydrogen-bond acceptors (Lipinski definition) is 3. The van der Waals surface area contributed by atoms with Crippen LogP contribution in [0.5, 0.6) is 0 Å². The van der Waals surface area contributed by atoms with Crippen LogP contribution < -0.4 is 14.7 Å². The van der Waals surface area contributed by atoms with E-state index in [1.807, 2.05) is 0 Å². The van der Waals surface area contributed by atoms with Gasteiger partial charge in [-0.2, -0.15) is 0 Å². The summed E-state index contributed by atoms with van der Waals surface area (Å²) in [6.07, 6.45) is 0. The predicted molar refractivity (Wildman–Crippen MR) is 296 cm³/mol. The first-order chi connectivity index (χ1) is 34.7. The highest BCUT2D eigenvalue weighted by atomic mass is 15.2. The van der Waals surface area contributed by atoms with Gasteiger partial charge >= 0.3 is 0 Å². The van der Waals surface area contributed by atoms with Crippen LogP contribution in [0.2, 0.25) is 0 Å². The SMILES string of the molecule is c1ccc(-c2ccc(N(c3ccccc3)c3cccc(N(c4cccc(N(c5ccccc5)c5ccccc5)c4)c4ccc5c6ccccc6n(-c6ccccc6)c5c4)c3)c(-c3ccccc3)c2)cc1. The number of hydrogen-bond donors (Lipinski definition) is 0. The molecule has 0 N–H and O–H groups in total. The normalized spacial score (nSPS) is 11.1. The number of rotatable bonds is 12. The first-order valence-electron chi connectivity index (χ1n) is 23.8. The van der Waals surface area contributed by atoms with Gasteiger partial charge in [0.05, 0.1) is 16.7 Å². The van der Waals surface area contributed by atoms with E-state index in [0.717, 1.165) is 73.5 Å². The van der Waals surface area contributed by atoms with Gasteiger partial charge in [0.2, 0.25) is 0 Å². The third kappa shape index (κ3) is 8.04.